The smallest absolute Gasteiger partial charge is 0.178 e. The summed E-state index contributed by atoms with van der Waals surface area (Å²) in [5.74, 6) is 0.0739. The fourth-order valence-electron chi connectivity index (χ4n) is 2.15. The van der Waals surface area contributed by atoms with Crippen molar-refractivity contribution < 1.29 is 15.3 Å². The first-order valence-electron chi connectivity index (χ1n) is 6.83. The molecule has 0 bridgehead atoms. The first-order chi connectivity index (χ1) is 8.65. The van der Waals surface area contributed by atoms with Crippen LogP contribution in [0.1, 0.15) is 62.9 Å². The number of benzene rings is 1. The van der Waals surface area contributed by atoms with Crippen LogP contribution in [0.25, 0.3) is 0 Å². The van der Waals surface area contributed by atoms with Gasteiger partial charge in [0.25, 0.3) is 0 Å². The predicted molar refractivity (Wildman–Crippen MR) is 72.4 cm³/mol. The highest BCUT2D eigenvalue weighted by molar-refractivity contribution is 5.35. The second-order valence-corrected chi connectivity index (χ2v) is 4.77. The summed E-state index contributed by atoms with van der Waals surface area (Å²) < 4.78 is 0. The molecule has 0 fully saturated rings. The van der Waals surface area contributed by atoms with Crippen LogP contribution >= 0.6 is 0 Å². The Hall–Kier alpha value is -1.06. The lowest BCUT2D eigenvalue weighted by Gasteiger charge is -2.11. The van der Waals surface area contributed by atoms with Crippen molar-refractivity contribution >= 4 is 0 Å². The molecule has 3 nitrogen and oxygen atoms in total. The minimum atomic E-state index is -1.51. The number of phenols is 1. The molecule has 0 aromatic heterocycles. The summed E-state index contributed by atoms with van der Waals surface area (Å²) in [6.45, 7) is 2.20. The topological polar surface area (TPSA) is 60.7 Å². The third kappa shape index (κ3) is 5.07. The summed E-state index contributed by atoms with van der Waals surface area (Å²) in [7, 11) is 0. The molecule has 0 atom stereocenters. The second-order valence-electron chi connectivity index (χ2n) is 4.77. The van der Waals surface area contributed by atoms with Crippen molar-refractivity contribution in [2.45, 2.75) is 58.2 Å². The van der Waals surface area contributed by atoms with Crippen LogP contribution in [0.4, 0.5) is 0 Å². The van der Waals surface area contributed by atoms with Crippen molar-refractivity contribution in [1.29, 1.82) is 0 Å². The van der Waals surface area contributed by atoms with Crippen LogP contribution in [0.5, 0.6) is 5.75 Å². The first-order valence-corrected chi connectivity index (χ1v) is 6.83. The van der Waals surface area contributed by atoms with Crippen molar-refractivity contribution in [3.8, 4) is 5.75 Å². The Labute approximate surface area is 109 Å². The van der Waals surface area contributed by atoms with E-state index in [0.717, 1.165) is 18.4 Å². The highest BCUT2D eigenvalue weighted by atomic mass is 16.5. The zero-order chi connectivity index (χ0) is 13.4. The summed E-state index contributed by atoms with van der Waals surface area (Å²) in [5.41, 5.74) is 1.34. The molecule has 0 unspecified atom stereocenters. The Morgan fingerprint density at radius 3 is 2.33 bits per heavy atom. The van der Waals surface area contributed by atoms with E-state index in [0.29, 0.717) is 5.56 Å². The lowest BCUT2D eigenvalue weighted by atomic mass is 10.00. The molecule has 102 valence electrons. The third-order valence-electron chi connectivity index (χ3n) is 3.21. The zero-order valence-electron chi connectivity index (χ0n) is 11.1. The summed E-state index contributed by atoms with van der Waals surface area (Å²) in [6, 6.07) is 4.80. The Balaban J connectivity index is 2.42. The number of hydrogen-bond acceptors (Lipinski definition) is 3. The number of unbranched alkanes of at least 4 members (excludes halogenated alkanes) is 5. The Kier molecular flexibility index (Phi) is 6.76. The van der Waals surface area contributed by atoms with Crippen LogP contribution in [-0.4, -0.2) is 15.3 Å². The van der Waals surface area contributed by atoms with Gasteiger partial charge in [-0.1, -0.05) is 45.1 Å². The maximum Gasteiger partial charge on any atom is 0.178 e. The van der Waals surface area contributed by atoms with Crippen molar-refractivity contribution in [3.63, 3.8) is 0 Å². The first kappa shape index (κ1) is 15.0. The van der Waals surface area contributed by atoms with Gasteiger partial charge in [0, 0.05) is 5.56 Å². The van der Waals surface area contributed by atoms with E-state index >= 15 is 0 Å². The molecule has 0 radical (unpaired) electrons. The van der Waals surface area contributed by atoms with E-state index in [4.69, 9.17) is 0 Å². The molecule has 1 aromatic carbocycles. The Morgan fingerprint density at radius 1 is 1.00 bits per heavy atom. The molecule has 0 aliphatic carbocycles. The zero-order valence-corrected chi connectivity index (χ0v) is 11.1. The summed E-state index contributed by atoms with van der Waals surface area (Å²) in [6.07, 6.45) is 6.60. The molecule has 3 N–H and O–H groups in total. The highest BCUT2D eigenvalue weighted by Crippen LogP contribution is 2.23. The van der Waals surface area contributed by atoms with Gasteiger partial charge in [-0.15, -0.1) is 0 Å². The lowest BCUT2D eigenvalue weighted by molar-refractivity contribution is -0.0432. The van der Waals surface area contributed by atoms with Gasteiger partial charge < -0.3 is 15.3 Å². The predicted octanol–water partition coefficient (Wildman–Crippen LogP) is 3.28. The van der Waals surface area contributed by atoms with Gasteiger partial charge in [-0.05, 0) is 30.5 Å². The molecule has 18 heavy (non-hydrogen) atoms. The van der Waals surface area contributed by atoms with E-state index < -0.39 is 6.29 Å². The van der Waals surface area contributed by atoms with Gasteiger partial charge in [0.2, 0.25) is 0 Å². The largest absolute Gasteiger partial charge is 0.508 e. The molecule has 1 aromatic rings. The van der Waals surface area contributed by atoms with E-state index in [1.807, 2.05) is 0 Å². The lowest BCUT2D eigenvalue weighted by Crippen LogP contribution is -2.01. The number of phenolic OH excluding ortho intramolecular Hbond substituents is 1. The normalized spacial score (nSPS) is 11.1. The SMILES string of the molecule is CCCCCCCCc1ccc(O)cc1C(O)O. The highest BCUT2D eigenvalue weighted by Gasteiger charge is 2.10. The van der Waals surface area contributed by atoms with E-state index in [9.17, 15) is 15.3 Å². The number of rotatable bonds is 8. The Morgan fingerprint density at radius 2 is 1.67 bits per heavy atom. The van der Waals surface area contributed by atoms with Gasteiger partial charge in [-0.2, -0.15) is 0 Å². The molecule has 0 aliphatic heterocycles. The number of aliphatic hydroxyl groups excluding tert-OH is 1. The minimum Gasteiger partial charge on any atom is -0.508 e. The van der Waals surface area contributed by atoms with Gasteiger partial charge in [-0.25, -0.2) is 0 Å². The molecule has 3 heteroatoms. The molecule has 0 heterocycles. The average Bonchev–Trinajstić information content (AvgIpc) is 2.35. The van der Waals surface area contributed by atoms with Crippen molar-refractivity contribution in [1.82, 2.24) is 0 Å². The monoisotopic (exact) mass is 252 g/mol. The van der Waals surface area contributed by atoms with Gasteiger partial charge in [-0.3, -0.25) is 0 Å². The fourth-order valence-corrected chi connectivity index (χ4v) is 2.15. The van der Waals surface area contributed by atoms with E-state index in [1.54, 1.807) is 12.1 Å². The summed E-state index contributed by atoms with van der Waals surface area (Å²) >= 11 is 0. The molecule has 0 aliphatic rings. The van der Waals surface area contributed by atoms with Crippen LogP contribution < -0.4 is 0 Å². The molecular formula is C15H24O3. The molecule has 0 saturated heterocycles. The van der Waals surface area contributed by atoms with Crippen molar-refractivity contribution in [3.05, 3.63) is 29.3 Å². The molecular weight excluding hydrogens is 228 g/mol. The van der Waals surface area contributed by atoms with E-state index in [-0.39, 0.29) is 5.75 Å². The van der Waals surface area contributed by atoms with Gasteiger partial charge in [0.05, 0.1) is 0 Å². The van der Waals surface area contributed by atoms with Crippen LogP contribution in [0.15, 0.2) is 18.2 Å². The molecule has 0 amide bonds. The summed E-state index contributed by atoms with van der Waals surface area (Å²) in [5, 5.41) is 27.8. The van der Waals surface area contributed by atoms with Crippen LogP contribution in [0.3, 0.4) is 0 Å². The molecule has 1 rings (SSSR count). The quantitative estimate of drug-likeness (QED) is 0.491. The average molecular weight is 252 g/mol. The van der Waals surface area contributed by atoms with Crippen LogP contribution in [0.2, 0.25) is 0 Å². The third-order valence-corrected chi connectivity index (χ3v) is 3.21. The fraction of sp³-hybridized carbons (Fsp3) is 0.600. The number of hydrogen-bond donors (Lipinski definition) is 3. The summed E-state index contributed by atoms with van der Waals surface area (Å²) in [4.78, 5) is 0. The van der Waals surface area contributed by atoms with Crippen LogP contribution in [-0.2, 0) is 6.42 Å². The van der Waals surface area contributed by atoms with E-state index in [2.05, 4.69) is 6.92 Å². The number of aromatic hydroxyl groups is 1. The van der Waals surface area contributed by atoms with E-state index in [1.165, 1.54) is 38.2 Å². The van der Waals surface area contributed by atoms with Crippen molar-refractivity contribution in [2.24, 2.45) is 0 Å². The standard InChI is InChI=1S/C15H24O3/c1-2-3-4-5-6-7-8-12-9-10-13(16)11-14(12)15(17)18/h9-11,15-18H,2-8H2,1H3. The second kappa shape index (κ2) is 8.11. The number of aryl methyl sites for hydroxylation is 1. The maximum absolute atomic E-state index is 9.33. The van der Waals surface area contributed by atoms with Gasteiger partial charge in [0.15, 0.2) is 6.29 Å². The maximum atomic E-state index is 9.33. The molecule has 0 saturated carbocycles. The van der Waals surface area contributed by atoms with Gasteiger partial charge >= 0.3 is 0 Å². The minimum absolute atomic E-state index is 0.0739. The molecule has 0 spiro atoms. The van der Waals surface area contributed by atoms with Crippen molar-refractivity contribution in [2.75, 3.05) is 0 Å². The number of aliphatic hydroxyl groups is 2. The Bertz CT molecular complexity index is 348. The van der Waals surface area contributed by atoms with Gasteiger partial charge in [0.1, 0.15) is 5.75 Å². The van der Waals surface area contributed by atoms with Crippen LogP contribution in [0, 0.1) is 0 Å².